The van der Waals surface area contributed by atoms with Gasteiger partial charge in [0.05, 0.1) is 11.7 Å². The lowest BCUT2D eigenvalue weighted by Gasteiger charge is -2.22. The Morgan fingerprint density at radius 3 is 2.73 bits per heavy atom. The van der Waals surface area contributed by atoms with E-state index in [0.717, 1.165) is 11.1 Å². The van der Waals surface area contributed by atoms with E-state index >= 15 is 0 Å². The largest absolute Gasteiger partial charge is 0.484 e. The first-order valence-corrected chi connectivity index (χ1v) is 8.11. The average molecular weight is 371 g/mol. The van der Waals surface area contributed by atoms with Crippen molar-refractivity contribution in [1.29, 1.82) is 0 Å². The Morgan fingerprint density at radius 1 is 1.31 bits per heavy atom. The van der Waals surface area contributed by atoms with Gasteiger partial charge in [0.15, 0.2) is 6.61 Å². The van der Waals surface area contributed by atoms with Gasteiger partial charge in [0.25, 0.3) is 5.91 Å². The van der Waals surface area contributed by atoms with Crippen LogP contribution in [0.15, 0.2) is 30.5 Å². The molecule has 1 amide bonds. The maximum absolute atomic E-state index is 12.8. The molecule has 9 heteroatoms. The van der Waals surface area contributed by atoms with Gasteiger partial charge in [-0.05, 0) is 49.1 Å². The van der Waals surface area contributed by atoms with Crippen molar-refractivity contribution in [1.82, 2.24) is 15.1 Å². The molecule has 1 heterocycles. The van der Waals surface area contributed by atoms with E-state index in [1.54, 1.807) is 0 Å². The minimum Gasteiger partial charge on any atom is -0.484 e. The molecule has 0 spiro atoms. The zero-order valence-electron chi connectivity index (χ0n) is 13.7. The van der Waals surface area contributed by atoms with Gasteiger partial charge >= 0.3 is 6.18 Å². The van der Waals surface area contributed by atoms with Crippen molar-refractivity contribution in [3.8, 4) is 5.75 Å². The summed E-state index contributed by atoms with van der Waals surface area (Å²) in [6, 6.07) is 4.79. The Balaban J connectivity index is 1.60. The van der Waals surface area contributed by atoms with Crippen molar-refractivity contribution in [2.75, 3.05) is 6.61 Å². The number of ether oxygens (including phenoxy) is 1. The van der Waals surface area contributed by atoms with E-state index in [2.05, 4.69) is 10.4 Å². The normalized spacial score (nSPS) is 16.8. The highest BCUT2D eigenvalue weighted by atomic mass is 19.4. The molecular weight excluding hydrogens is 354 g/mol. The van der Waals surface area contributed by atoms with Crippen LogP contribution < -0.4 is 10.1 Å². The molecular formula is C17H17F4N3O2. The summed E-state index contributed by atoms with van der Waals surface area (Å²) in [5, 5.41) is 6.74. The Kier molecular flexibility index (Phi) is 5.15. The number of nitrogens with zero attached hydrogens (tertiary/aromatic N) is 2. The first-order chi connectivity index (χ1) is 12.3. The molecule has 3 rings (SSSR count). The molecule has 1 aromatic heterocycles. The second-order valence-electron chi connectivity index (χ2n) is 6.11. The molecule has 0 saturated carbocycles. The molecule has 1 atom stereocenters. The van der Waals surface area contributed by atoms with Crippen LogP contribution in [0.1, 0.15) is 30.1 Å². The molecule has 0 saturated heterocycles. The third-order valence-corrected chi connectivity index (χ3v) is 4.00. The Morgan fingerprint density at radius 2 is 2.04 bits per heavy atom. The van der Waals surface area contributed by atoms with E-state index in [9.17, 15) is 22.4 Å². The Labute approximate surface area is 146 Å². The highest BCUT2D eigenvalue weighted by molar-refractivity contribution is 5.78. The van der Waals surface area contributed by atoms with Crippen LogP contribution in [0.25, 0.3) is 0 Å². The van der Waals surface area contributed by atoms with Crippen LogP contribution in [0.2, 0.25) is 0 Å². The van der Waals surface area contributed by atoms with E-state index < -0.39 is 30.5 Å². The average Bonchev–Trinajstić information content (AvgIpc) is 2.96. The quantitative estimate of drug-likeness (QED) is 0.822. The highest BCUT2D eigenvalue weighted by Gasteiger charge is 2.31. The van der Waals surface area contributed by atoms with E-state index in [-0.39, 0.29) is 6.61 Å². The van der Waals surface area contributed by atoms with Crippen LogP contribution in [0.3, 0.4) is 0 Å². The van der Waals surface area contributed by atoms with Crippen LogP contribution in [0, 0.1) is 5.82 Å². The predicted octanol–water partition coefficient (Wildman–Crippen LogP) is 3.16. The van der Waals surface area contributed by atoms with E-state index in [0.29, 0.717) is 29.8 Å². The summed E-state index contributed by atoms with van der Waals surface area (Å²) >= 11 is 0. The van der Waals surface area contributed by atoms with Crippen molar-refractivity contribution in [2.24, 2.45) is 0 Å². The van der Waals surface area contributed by atoms with E-state index in [1.165, 1.54) is 30.5 Å². The van der Waals surface area contributed by atoms with Crippen LogP contribution in [0.5, 0.6) is 5.75 Å². The fraction of sp³-hybridized carbons (Fsp3) is 0.412. The number of amides is 1. The van der Waals surface area contributed by atoms with Crippen molar-refractivity contribution in [2.45, 2.75) is 38.0 Å². The molecule has 0 bridgehead atoms. The minimum absolute atomic E-state index is 0.277. The number of benzene rings is 1. The van der Waals surface area contributed by atoms with E-state index in [4.69, 9.17) is 4.74 Å². The standard InChI is InChI=1S/C17H17F4N3O2/c18-12-4-6-13(7-5-12)26-9-15(25)22-14-3-1-2-11-8-24(23-16(11)14)10-17(19,20)21/h4-8,14H,1-3,9-10H2,(H,22,25)/t14-/m0/s1. The lowest BCUT2D eigenvalue weighted by Crippen LogP contribution is -2.34. The number of hydrogen-bond acceptors (Lipinski definition) is 3. The summed E-state index contributed by atoms with van der Waals surface area (Å²) < 4.78 is 56.5. The van der Waals surface area contributed by atoms with Crippen molar-refractivity contribution < 1.29 is 27.1 Å². The van der Waals surface area contributed by atoms with Gasteiger partial charge < -0.3 is 10.1 Å². The van der Waals surface area contributed by atoms with Gasteiger partial charge in [0.2, 0.25) is 0 Å². The number of nitrogens with one attached hydrogen (secondary N) is 1. The van der Waals surface area contributed by atoms with E-state index in [1.807, 2.05) is 0 Å². The summed E-state index contributed by atoms with van der Waals surface area (Å²) in [4.78, 5) is 12.1. The van der Waals surface area contributed by atoms with Crippen LogP contribution in [-0.2, 0) is 17.8 Å². The first kappa shape index (κ1) is 18.2. The molecule has 26 heavy (non-hydrogen) atoms. The number of rotatable bonds is 5. The predicted molar refractivity (Wildman–Crippen MR) is 84.0 cm³/mol. The number of fused-ring (bicyclic) bond motifs is 1. The molecule has 140 valence electrons. The van der Waals surface area contributed by atoms with Crippen molar-refractivity contribution in [3.63, 3.8) is 0 Å². The summed E-state index contributed by atoms with van der Waals surface area (Å²) in [5.74, 6) is -0.483. The third kappa shape index (κ3) is 4.74. The Bertz CT molecular complexity index is 771. The first-order valence-electron chi connectivity index (χ1n) is 8.11. The molecule has 5 nitrogen and oxygen atoms in total. The second kappa shape index (κ2) is 7.35. The minimum atomic E-state index is -4.35. The lowest BCUT2D eigenvalue weighted by molar-refractivity contribution is -0.142. The Hall–Kier alpha value is -2.58. The number of aromatic nitrogens is 2. The fourth-order valence-electron chi connectivity index (χ4n) is 2.92. The van der Waals surface area contributed by atoms with Crippen molar-refractivity contribution in [3.05, 3.63) is 47.5 Å². The molecule has 0 unspecified atom stereocenters. The van der Waals surface area contributed by atoms with Gasteiger partial charge in [0, 0.05) is 6.20 Å². The number of carbonyl (C=O) groups is 1. The summed E-state index contributed by atoms with van der Waals surface area (Å²) in [6.07, 6.45) is -0.995. The third-order valence-electron chi connectivity index (χ3n) is 4.00. The molecule has 0 aliphatic heterocycles. The van der Waals surface area contributed by atoms with Crippen LogP contribution >= 0.6 is 0 Å². The lowest BCUT2D eigenvalue weighted by atomic mass is 9.94. The number of hydrogen-bond donors (Lipinski definition) is 1. The van der Waals surface area contributed by atoms with Crippen LogP contribution in [-0.4, -0.2) is 28.5 Å². The number of halogens is 4. The smallest absolute Gasteiger partial charge is 0.408 e. The van der Waals surface area contributed by atoms with Gasteiger partial charge in [-0.25, -0.2) is 4.39 Å². The van der Waals surface area contributed by atoms with Gasteiger partial charge in [-0.2, -0.15) is 18.3 Å². The zero-order valence-corrected chi connectivity index (χ0v) is 13.7. The second-order valence-corrected chi connectivity index (χ2v) is 6.11. The molecule has 0 fully saturated rings. The fourth-order valence-corrected chi connectivity index (χ4v) is 2.92. The molecule has 2 aromatic rings. The van der Waals surface area contributed by atoms with Gasteiger partial charge in [-0.1, -0.05) is 0 Å². The zero-order chi connectivity index (χ0) is 18.7. The summed E-state index contributed by atoms with van der Waals surface area (Å²) in [7, 11) is 0. The maximum Gasteiger partial charge on any atom is 0.408 e. The molecule has 1 N–H and O–H groups in total. The molecule has 1 aromatic carbocycles. The summed E-state index contributed by atoms with van der Waals surface area (Å²) in [6.45, 7) is -1.44. The highest BCUT2D eigenvalue weighted by Crippen LogP contribution is 2.29. The molecule has 0 radical (unpaired) electrons. The number of aryl methyl sites for hydroxylation is 1. The van der Waals surface area contributed by atoms with Gasteiger partial charge in [0.1, 0.15) is 18.1 Å². The number of carbonyl (C=O) groups excluding carboxylic acids is 1. The van der Waals surface area contributed by atoms with Gasteiger partial charge in [-0.15, -0.1) is 0 Å². The monoisotopic (exact) mass is 371 g/mol. The van der Waals surface area contributed by atoms with Crippen molar-refractivity contribution >= 4 is 5.91 Å². The van der Waals surface area contributed by atoms with Gasteiger partial charge in [-0.3, -0.25) is 9.48 Å². The number of alkyl halides is 3. The summed E-state index contributed by atoms with van der Waals surface area (Å²) in [5.41, 5.74) is 1.18. The topological polar surface area (TPSA) is 56.1 Å². The van der Waals surface area contributed by atoms with Crippen LogP contribution in [0.4, 0.5) is 17.6 Å². The SMILES string of the molecule is O=C(COc1ccc(F)cc1)N[C@H]1CCCc2cn(CC(F)(F)F)nc21. The molecule has 1 aliphatic rings. The molecule has 1 aliphatic carbocycles. The maximum atomic E-state index is 12.8.